The van der Waals surface area contributed by atoms with Crippen molar-refractivity contribution < 1.29 is 13.9 Å². The number of halogens is 1. The van der Waals surface area contributed by atoms with Crippen molar-refractivity contribution in [2.75, 3.05) is 17.7 Å². The Kier molecular flexibility index (Phi) is 6.95. The summed E-state index contributed by atoms with van der Waals surface area (Å²) in [6.45, 7) is -0.187. The highest BCUT2D eigenvalue weighted by Crippen LogP contribution is 2.25. The van der Waals surface area contributed by atoms with Crippen LogP contribution in [0.25, 0.3) is 6.08 Å². The molecule has 0 bridgehead atoms. The van der Waals surface area contributed by atoms with Gasteiger partial charge in [0.1, 0.15) is 11.6 Å². The first-order chi connectivity index (χ1) is 13.2. The molecule has 0 aliphatic heterocycles. The van der Waals surface area contributed by atoms with Crippen molar-refractivity contribution in [3.63, 3.8) is 0 Å². The number of nitrogens with zero attached hydrogens (tertiary/aromatic N) is 2. The number of hydrogen-bond donors (Lipinski definition) is 1. The zero-order valence-electron chi connectivity index (χ0n) is 14.2. The van der Waals surface area contributed by atoms with E-state index in [9.17, 15) is 9.18 Å². The Hall–Kier alpha value is -2.71. The number of anilines is 1. The maximum absolute atomic E-state index is 12.8. The summed E-state index contributed by atoms with van der Waals surface area (Å²) in [5.41, 5.74) is 1.14. The summed E-state index contributed by atoms with van der Waals surface area (Å²) in [6.07, 6.45) is 4.10. The van der Waals surface area contributed by atoms with Gasteiger partial charge in [0.2, 0.25) is 5.13 Å². The molecule has 0 radical (unpaired) electrons. The third kappa shape index (κ3) is 6.50. The summed E-state index contributed by atoms with van der Waals surface area (Å²) in [5.74, 6) is 0.469. The molecule has 1 amide bonds. The molecule has 0 aliphatic rings. The van der Waals surface area contributed by atoms with Gasteiger partial charge in [-0.05, 0) is 29.8 Å². The summed E-state index contributed by atoms with van der Waals surface area (Å²) in [6, 6.07) is 15.5. The molecule has 8 heteroatoms. The summed E-state index contributed by atoms with van der Waals surface area (Å²) >= 11 is 2.84. The molecule has 0 saturated carbocycles. The Morgan fingerprint density at radius 1 is 1.15 bits per heavy atom. The fraction of sp³-hybridized carbons (Fsp3) is 0.105. The quantitative estimate of drug-likeness (QED) is 0.445. The van der Waals surface area contributed by atoms with Crippen molar-refractivity contribution in [3.05, 3.63) is 72.1 Å². The average molecular weight is 401 g/mol. The smallest absolute Gasteiger partial charge is 0.264 e. The van der Waals surface area contributed by atoms with Crippen LogP contribution in [0.4, 0.5) is 9.52 Å². The van der Waals surface area contributed by atoms with Gasteiger partial charge < -0.3 is 4.74 Å². The van der Waals surface area contributed by atoms with Crippen LogP contribution in [0.5, 0.6) is 5.75 Å². The van der Waals surface area contributed by atoms with E-state index >= 15 is 0 Å². The third-order valence-corrected chi connectivity index (χ3v) is 5.17. The lowest BCUT2D eigenvalue weighted by molar-refractivity contribution is -0.118. The van der Waals surface area contributed by atoms with Crippen LogP contribution in [0.15, 0.2) is 65.0 Å². The molecule has 138 valence electrons. The van der Waals surface area contributed by atoms with Crippen LogP contribution in [-0.4, -0.2) is 28.5 Å². The Morgan fingerprint density at radius 3 is 2.70 bits per heavy atom. The van der Waals surface area contributed by atoms with Gasteiger partial charge in [0.05, 0.1) is 0 Å². The summed E-state index contributed by atoms with van der Waals surface area (Å²) in [4.78, 5) is 11.9. The van der Waals surface area contributed by atoms with Crippen molar-refractivity contribution in [1.82, 2.24) is 10.2 Å². The number of carbonyl (C=O) groups is 1. The number of benzene rings is 2. The fourth-order valence-electron chi connectivity index (χ4n) is 2.02. The standard InChI is InChI=1S/C19H16FN3O2S2/c20-15-8-10-16(11-9-15)25-13-17(24)21-18-22-23-19(27-18)26-12-4-7-14-5-2-1-3-6-14/h1-11H,12-13H2,(H,21,22,24)/b7-4+. The van der Waals surface area contributed by atoms with Crippen LogP contribution in [-0.2, 0) is 4.79 Å². The van der Waals surface area contributed by atoms with Gasteiger partial charge in [0.15, 0.2) is 10.9 Å². The topological polar surface area (TPSA) is 64.1 Å². The van der Waals surface area contributed by atoms with Gasteiger partial charge in [0, 0.05) is 5.75 Å². The van der Waals surface area contributed by atoms with E-state index < -0.39 is 0 Å². The molecule has 1 heterocycles. The lowest BCUT2D eigenvalue weighted by atomic mass is 10.2. The van der Waals surface area contributed by atoms with Crippen LogP contribution < -0.4 is 10.1 Å². The second-order valence-corrected chi connectivity index (χ2v) is 7.53. The molecule has 0 atom stereocenters. The predicted octanol–water partition coefficient (Wildman–Crippen LogP) is 4.50. The molecule has 3 aromatic rings. The molecular formula is C19H16FN3O2S2. The SMILES string of the molecule is O=C(COc1ccc(F)cc1)Nc1nnc(SC/C=C/c2ccccc2)s1. The first kappa shape index (κ1) is 19.1. The lowest BCUT2D eigenvalue weighted by Crippen LogP contribution is -2.20. The summed E-state index contributed by atoms with van der Waals surface area (Å²) in [7, 11) is 0. The molecule has 3 rings (SSSR count). The van der Waals surface area contributed by atoms with E-state index in [1.165, 1.54) is 47.4 Å². The first-order valence-corrected chi connectivity index (χ1v) is 9.85. The number of ether oxygens (including phenoxy) is 1. The Bertz CT molecular complexity index is 899. The van der Waals surface area contributed by atoms with E-state index in [1.807, 2.05) is 36.4 Å². The monoisotopic (exact) mass is 401 g/mol. The van der Waals surface area contributed by atoms with Crippen LogP contribution in [0.3, 0.4) is 0 Å². The van der Waals surface area contributed by atoms with Crippen LogP contribution >= 0.6 is 23.1 Å². The number of nitrogens with one attached hydrogen (secondary N) is 1. The van der Waals surface area contributed by atoms with E-state index in [-0.39, 0.29) is 18.3 Å². The molecule has 5 nitrogen and oxygen atoms in total. The zero-order valence-corrected chi connectivity index (χ0v) is 15.8. The van der Waals surface area contributed by atoms with Gasteiger partial charge in [-0.2, -0.15) is 0 Å². The molecule has 0 saturated heterocycles. The largest absolute Gasteiger partial charge is 0.484 e. The fourth-order valence-corrected chi connectivity index (χ4v) is 3.63. The third-order valence-electron chi connectivity index (χ3n) is 3.25. The van der Waals surface area contributed by atoms with Crippen molar-refractivity contribution in [3.8, 4) is 5.75 Å². The van der Waals surface area contributed by atoms with E-state index in [0.717, 1.165) is 15.7 Å². The van der Waals surface area contributed by atoms with Gasteiger partial charge in [-0.3, -0.25) is 10.1 Å². The molecule has 1 N–H and O–H groups in total. The molecule has 27 heavy (non-hydrogen) atoms. The van der Waals surface area contributed by atoms with E-state index in [2.05, 4.69) is 21.6 Å². The lowest BCUT2D eigenvalue weighted by Gasteiger charge is -2.05. The second kappa shape index (κ2) is 9.84. The van der Waals surface area contributed by atoms with Crippen molar-refractivity contribution in [2.24, 2.45) is 0 Å². The highest BCUT2D eigenvalue weighted by molar-refractivity contribution is 8.01. The van der Waals surface area contributed by atoms with Gasteiger partial charge >= 0.3 is 0 Å². The van der Waals surface area contributed by atoms with Gasteiger partial charge in [-0.25, -0.2) is 4.39 Å². The maximum atomic E-state index is 12.8. The van der Waals surface area contributed by atoms with Crippen molar-refractivity contribution in [2.45, 2.75) is 4.34 Å². The predicted molar refractivity (Wildman–Crippen MR) is 107 cm³/mol. The summed E-state index contributed by atoms with van der Waals surface area (Å²) in [5, 5.41) is 11.0. The van der Waals surface area contributed by atoms with Crippen LogP contribution in [0, 0.1) is 5.82 Å². The molecule has 1 aromatic heterocycles. The number of amides is 1. The number of hydrogen-bond acceptors (Lipinski definition) is 6. The van der Waals surface area contributed by atoms with E-state index in [1.54, 1.807) is 0 Å². The molecular weight excluding hydrogens is 385 g/mol. The minimum atomic E-state index is -0.357. The number of thioether (sulfide) groups is 1. The number of aromatic nitrogens is 2. The molecule has 2 aromatic carbocycles. The Morgan fingerprint density at radius 2 is 1.93 bits per heavy atom. The minimum Gasteiger partial charge on any atom is -0.484 e. The van der Waals surface area contributed by atoms with Gasteiger partial charge in [-0.15, -0.1) is 10.2 Å². The van der Waals surface area contributed by atoms with Crippen LogP contribution in [0.2, 0.25) is 0 Å². The Labute approximate surface area is 164 Å². The van der Waals surface area contributed by atoms with E-state index in [0.29, 0.717) is 10.9 Å². The van der Waals surface area contributed by atoms with E-state index in [4.69, 9.17) is 4.74 Å². The van der Waals surface area contributed by atoms with Crippen LogP contribution in [0.1, 0.15) is 5.56 Å². The maximum Gasteiger partial charge on any atom is 0.264 e. The highest BCUT2D eigenvalue weighted by Gasteiger charge is 2.09. The minimum absolute atomic E-state index is 0.187. The first-order valence-electron chi connectivity index (χ1n) is 8.05. The van der Waals surface area contributed by atoms with Gasteiger partial charge in [0.25, 0.3) is 5.91 Å². The number of carbonyl (C=O) groups excluding carboxylic acids is 1. The molecule has 0 unspecified atom stereocenters. The zero-order chi connectivity index (χ0) is 18.9. The number of rotatable bonds is 8. The molecule has 0 aliphatic carbocycles. The normalized spacial score (nSPS) is 10.9. The molecule has 0 spiro atoms. The van der Waals surface area contributed by atoms with Crippen molar-refractivity contribution in [1.29, 1.82) is 0 Å². The Balaban J connectivity index is 1.41. The second-order valence-electron chi connectivity index (χ2n) is 5.29. The van der Waals surface area contributed by atoms with Crippen molar-refractivity contribution >= 4 is 40.2 Å². The summed E-state index contributed by atoms with van der Waals surface area (Å²) < 4.78 is 18.9. The highest BCUT2D eigenvalue weighted by atomic mass is 32.2. The van der Waals surface area contributed by atoms with Gasteiger partial charge in [-0.1, -0.05) is 65.6 Å². The average Bonchev–Trinajstić information content (AvgIpc) is 3.13. The molecule has 0 fully saturated rings.